The van der Waals surface area contributed by atoms with E-state index in [1.54, 1.807) is 39.8 Å². The highest BCUT2D eigenvalue weighted by Crippen LogP contribution is 2.31. The number of carbonyl (C=O) groups excluding carboxylic acids is 3. The summed E-state index contributed by atoms with van der Waals surface area (Å²) in [6.07, 6.45) is 7.23. The molecule has 19 nitrogen and oxygen atoms in total. The number of amides is 3. The topological polar surface area (TPSA) is 273 Å². The van der Waals surface area contributed by atoms with E-state index in [0.29, 0.717) is 44.1 Å². The zero-order valence-corrected chi connectivity index (χ0v) is 37.3. The Morgan fingerprint density at radius 2 is 1.18 bits per heavy atom. The fourth-order valence-corrected chi connectivity index (χ4v) is 8.48. The highest BCUT2D eigenvalue weighted by atomic mass is 16.6. The van der Waals surface area contributed by atoms with Crippen LogP contribution in [-0.2, 0) is 33.4 Å². The number of aliphatic carboxylic acids is 2. The molecule has 3 amide bonds. The van der Waals surface area contributed by atoms with Gasteiger partial charge in [0, 0.05) is 64.1 Å². The number of guanidine groups is 1. The molecule has 9 N–H and O–H groups in total. The molecule has 62 heavy (non-hydrogen) atoms. The van der Waals surface area contributed by atoms with Gasteiger partial charge in [0.15, 0.2) is 5.96 Å². The number of hydrogen-bond acceptors (Lipinski definition) is 12. The van der Waals surface area contributed by atoms with Crippen LogP contribution in [0.15, 0.2) is 33.3 Å². The van der Waals surface area contributed by atoms with Crippen molar-refractivity contribution < 1.29 is 48.4 Å². The van der Waals surface area contributed by atoms with Gasteiger partial charge in [-0.1, -0.05) is 19.6 Å². The van der Waals surface area contributed by atoms with Crippen molar-refractivity contribution in [1.82, 2.24) is 25.8 Å². The number of carbonyl (C=O) groups is 5. The molecule has 0 aromatic carbocycles. The molecule has 0 aromatic rings. The SMILES string of the molecule is C.CCOC[C@H]1CCCN([C@@H]2C=C(C(=O)O)C[C@H](N=C(C)NC(=O)OC(C)(C)C)[C@H]2NC(C)=O)C1.CCOC[C@H]1CCCN([C@@H]2C=C(C(=O)O)C[C@H](N=C(N)N)[C@H]2NC(C)=O)C1. The molecule has 2 aliphatic carbocycles. The van der Waals surface area contributed by atoms with Crippen LogP contribution in [0.1, 0.15) is 101 Å². The maximum atomic E-state index is 12.2. The summed E-state index contributed by atoms with van der Waals surface area (Å²) in [7, 11) is 0. The predicted octanol–water partition coefficient (Wildman–Crippen LogP) is 2.64. The number of nitrogens with two attached hydrogens (primary N) is 2. The zero-order valence-electron chi connectivity index (χ0n) is 37.3. The Labute approximate surface area is 367 Å². The van der Waals surface area contributed by atoms with Gasteiger partial charge in [-0.25, -0.2) is 19.4 Å². The van der Waals surface area contributed by atoms with Crippen LogP contribution in [0.4, 0.5) is 4.79 Å². The van der Waals surface area contributed by atoms with Crippen LogP contribution >= 0.6 is 0 Å². The molecule has 0 saturated carbocycles. The van der Waals surface area contributed by atoms with Crippen molar-refractivity contribution in [2.24, 2.45) is 33.3 Å². The first-order chi connectivity index (χ1) is 28.7. The molecule has 0 spiro atoms. The number of alkyl carbamates (subject to hydrolysis) is 1. The van der Waals surface area contributed by atoms with Crippen molar-refractivity contribution in [2.45, 2.75) is 143 Å². The molecule has 0 bridgehead atoms. The number of amidine groups is 1. The summed E-state index contributed by atoms with van der Waals surface area (Å²) >= 11 is 0. The number of piperidine rings is 2. The van der Waals surface area contributed by atoms with Gasteiger partial charge in [0.1, 0.15) is 11.4 Å². The molecule has 2 saturated heterocycles. The number of nitrogens with zero attached hydrogens (tertiary/aromatic N) is 4. The minimum Gasteiger partial charge on any atom is -0.478 e. The van der Waals surface area contributed by atoms with Gasteiger partial charge in [-0.15, -0.1) is 0 Å². The Hall–Kier alpha value is -4.59. The van der Waals surface area contributed by atoms with E-state index < -0.39 is 47.8 Å². The Bertz CT molecular complexity index is 1640. The standard InChI is InChI=1S/C24H40N4O6.C18H31N5O4.CH4/c1-7-33-14-17-9-8-10-28(13-17)20-12-18(22(30)31)11-19(21(20)27-16(3)29)25-15(2)26-23(32)34-24(4,5)6;1-3-27-10-12-5-4-6-23(9-12)15-8-13(17(25)26)7-14(22-18(19)20)16(15)21-11(2)24;/h12,17,19-21H,7-11,13-14H2,1-6H3,(H,27,29)(H,30,31)(H,25,26,32);8,12,14-16H,3-7,9-10H2,1-2H3,(H,21,24)(H,25,26)(H4,19,20,22);1H4/t17-,19-,20+,21+;12-,14-,15+,16+;/m00./s1. The lowest BCUT2D eigenvalue weighted by Crippen LogP contribution is -2.59. The molecule has 2 heterocycles. The molecule has 19 heteroatoms. The lowest BCUT2D eigenvalue weighted by molar-refractivity contribution is -0.134. The largest absolute Gasteiger partial charge is 0.478 e. The van der Waals surface area contributed by atoms with Crippen LogP contribution in [0.5, 0.6) is 0 Å². The molecular formula is C43H75N9O10. The monoisotopic (exact) mass is 878 g/mol. The molecule has 2 fully saturated rings. The summed E-state index contributed by atoms with van der Waals surface area (Å²) in [5, 5.41) is 27.9. The lowest BCUT2D eigenvalue weighted by Gasteiger charge is -2.44. The average Bonchev–Trinajstić information content (AvgIpc) is 3.16. The highest BCUT2D eigenvalue weighted by molar-refractivity contribution is 5.94. The van der Waals surface area contributed by atoms with E-state index >= 15 is 0 Å². The first-order valence-corrected chi connectivity index (χ1v) is 21.4. The van der Waals surface area contributed by atoms with Gasteiger partial charge in [-0.3, -0.25) is 29.7 Å². The van der Waals surface area contributed by atoms with Crippen molar-refractivity contribution in [3.8, 4) is 0 Å². The molecule has 352 valence electrons. The quantitative estimate of drug-likeness (QED) is 0.0977. The van der Waals surface area contributed by atoms with Crippen LogP contribution in [0.3, 0.4) is 0 Å². The smallest absolute Gasteiger partial charge is 0.413 e. The van der Waals surface area contributed by atoms with E-state index in [1.807, 2.05) is 13.8 Å². The summed E-state index contributed by atoms with van der Waals surface area (Å²) < 4.78 is 16.5. The number of likely N-dealkylation sites (tertiary alicyclic amines) is 2. The van der Waals surface area contributed by atoms with Crippen LogP contribution in [0, 0.1) is 11.8 Å². The Morgan fingerprint density at radius 3 is 1.53 bits per heavy atom. The third-order valence-corrected chi connectivity index (χ3v) is 10.9. The maximum Gasteiger partial charge on any atom is 0.413 e. The van der Waals surface area contributed by atoms with Crippen LogP contribution in [-0.4, -0.2) is 156 Å². The summed E-state index contributed by atoms with van der Waals surface area (Å²) in [6.45, 7) is 19.5. The molecule has 4 aliphatic rings. The van der Waals surface area contributed by atoms with E-state index in [1.165, 1.54) is 13.8 Å². The number of carboxylic acids is 2. The van der Waals surface area contributed by atoms with Gasteiger partial charge in [0.05, 0.1) is 49.5 Å². The zero-order chi connectivity index (χ0) is 45.4. The van der Waals surface area contributed by atoms with Gasteiger partial charge >= 0.3 is 18.0 Å². The van der Waals surface area contributed by atoms with Gasteiger partial charge in [0.2, 0.25) is 11.8 Å². The number of carboxylic acid groups (broad SMARTS) is 2. The van der Waals surface area contributed by atoms with Crippen molar-refractivity contribution in [1.29, 1.82) is 0 Å². The third-order valence-electron chi connectivity index (χ3n) is 10.9. The van der Waals surface area contributed by atoms with Gasteiger partial charge in [0.25, 0.3) is 0 Å². The fraction of sp³-hybridized carbons (Fsp3) is 0.744. The third kappa shape index (κ3) is 17.6. The van der Waals surface area contributed by atoms with E-state index in [4.69, 9.17) is 25.7 Å². The van der Waals surface area contributed by atoms with Gasteiger partial charge in [-0.2, -0.15) is 0 Å². The number of aliphatic imine (C=N–C) groups is 2. The Morgan fingerprint density at radius 1 is 0.758 bits per heavy atom. The summed E-state index contributed by atoms with van der Waals surface area (Å²) in [4.78, 5) is 72.9. The van der Waals surface area contributed by atoms with Gasteiger partial charge < -0.3 is 46.5 Å². The fourth-order valence-electron chi connectivity index (χ4n) is 8.48. The molecular weight excluding hydrogens is 803 g/mol. The van der Waals surface area contributed by atoms with E-state index in [9.17, 15) is 34.2 Å². The van der Waals surface area contributed by atoms with Crippen molar-refractivity contribution in [3.05, 3.63) is 23.3 Å². The van der Waals surface area contributed by atoms with E-state index in [0.717, 1.165) is 51.9 Å². The number of nitrogens with one attached hydrogen (secondary N) is 3. The molecule has 2 aliphatic heterocycles. The minimum absolute atomic E-state index is 0. The van der Waals surface area contributed by atoms with Crippen molar-refractivity contribution in [2.75, 3.05) is 52.6 Å². The summed E-state index contributed by atoms with van der Waals surface area (Å²) in [6, 6.07) is -2.54. The second kappa shape index (κ2) is 25.5. The van der Waals surface area contributed by atoms with Crippen LogP contribution in [0.25, 0.3) is 0 Å². The van der Waals surface area contributed by atoms with E-state index in [2.05, 4.69) is 35.7 Å². The lowest BCUT2D eigenvalue weighted by atomic mass is 9.84. The number of ether oxygens (including phenoxy) is 3. The molecule has 0 unspecified atom stereocenters. The first kappa shape index (κ1) is 53.5. The van der Waals surface area contributed by atoms with Gasteiger partial charge in [-0.05, 0) is 92.2 Å². The van der Waals surface area contributed by atoms with Crippen LogP contribution in [0.2, 0.25) is 0 Å². The molecule has 0 aromatic heterocycles. The molecule has 8 atom stereocenters. The first-order valence-electron chi connectivity index (χ1n) is 21.4. The van der Waals surface area contributed by atoms with E-state index in [-0.39, 0.29) is 61.3 Å². The maximum absolute atomic E-state index is 12.2. The Kier molecular flexibility index (Phi) is 22.0. The second-order valence-corrected chi connectivity index (χ2v) is 17.2. The Balaban J connectivity index is 0.000000430. The van der Waals surface area contributed by atoms with Crippen molar-refractivity contribution in [3.63, 3.8) is 0 Å². The summed E-state index contributed by atoms with van der Waals surface area (Å²) in [5.41, 5.74) is 11.0. The molecule has 4 rings (SSSR count). The summed E-state index contributed by atoms with van der Waals surface area (Å²) in [5.74, 6) is -1.51. The number of rotatable bonds is 14. The minimum atomic E-state index is -1.01. The highest BCUT2D eigenvalue weighted by Gasteiger charge is 2.42. The average molecular weight is 878 g/mol. The predicted molar refractivity (Wildman–Crippen MR) is 238 cm³/mol. The van der Waals surface area contributed by atoms with Crippen molar-refractivity contribution >= 4 is 41.6 Å². The second-order valence-electron chi connectivity index (χ2n) is 17.2. The van der Waals surface area contributed by atoms with Crippen LogP contribution < -0.4 is 27.4 Å². The normalized spacial score (nSPS) is 27.1. The number of hydrogen-bond donors (Lipinski definition) is 7. The molecule has 0 radical (unpaired) electrons.